The minimum Gasteiger partial charge on any atom is -0.373 e. The first-order chi connectivity index (χ1) is 14.1. The van der Waals surface area contributed by atoms with E-state index in [9.17, 15) is 4.79 Å². The highest BCUT2D eigenvalue weighted by Crippen LogP contribution is 2.34. The molecule has 0 aliphatic rings. The van der Waals surface area contributed by atoms with Crippen LogP contribution in [-0.4, -0.2) is 22.9 Å². The van der Waals surface area contributed by atoms with Crippen molar-refractivity contribution in [2.75, 3.05) is 17.7 Å². The van der Waals surface area contributed by atoms with Gasteiger partial charge in [0.25, 0.3) is 5.91 Å². The zero-order valence-corrected chi connectivity index (χ0v) is 16.8. The van der Waals surface area contributed by atoms with Gasteiger partial charge in [-0.3, -0.25) is 9.78 Å². The maximum atomic E-state index is 12.5. The Morgan fingerprint density at radius 3 is 2.48 bits per heavy atom. The topological polar surface area (TPSA) is 66.9 Å². The van der Waals surface area contributed by atoms with Gasteiger partial charge in [0, 0.05) is 34.8 Å². The van der Waals surface area contributed by atoms with Crippen molar-refractivity contribution < 1.29 is 4.79 Å². The van der Waals surface area contributed by atoms with E-state index in [1.165, 1.54) is 0 Å². The SMILES string of the molecule is CNc1nc(NC(=O)c2ccc(Cl)cc2)ccc1-c1ccc(C)c2ncccc12. The number of aromatic nitrogens is 2. The number of amides is 1. The number of aryl methyl sites for hydroxylation is 1. The van der Waals surface area contributed by atoms with E-state index in [0.29, 0.717) is 22.2 Å². The number of nitrogens with zero attached hydrogens (tertiary/aromatic N) is 2. The second kappa shape index (κ2) is 7.89. The standard InChI is InChI=1S/C23H19ClN4O/c1-14-5-10-17(18-4-3-13-26-21(14)18)19-11-12-20(27-22(19)25-2)28-23(29)15-6-8-16(24)9-7-15/h3-13H,1-2H3,(H2,25,27,28,29). The molecule has 0 aliphatic carbocycles. The van der Waals surface area contributed by atoms with Crippen LogP contribution in [0.25, 0.3) is 22.0 Å². The molecule has 144 valence electrons. The van der Waals surface area contributed by atoms with Gasteiger partial charge < -0.3 is 10.6 Å². The Morgan fingerprint density at radius 2 is 1.72 bits per heavy atom. The van der Waals surface area contributed by atoms with Gasteiger partial charge in [-0.2, -0.15) is 0 Å². The number of benzene rings is 2. The molecule has 29 heavy (non-hydrogen) atoms. The number of nitrogens with one attached hydrogen (secondary N) is 2. The van der Waals surface area contributed by atoms with Gasteiger partial charge in [-0.25, -0.2) is 4.98 Å². The fourth-order valence-electron chi connectivity index (χ4n) is 3.28. The van der Waals surface area contributed by atoms with E-state index in [1.807, 2.05) is 26.1 Å². The first-order valence-electron chi connectivity index (χ1n) is 9.17. The van der Waals surface area contributed by atoms with Gasteiger partial charge in [-0.05, 0) is 60.5 Å². The second-order valence-electron chi connectivity index (χ2n) is 6.63. The van der Waals surface area contributed by atoms with Crippen LogP contribution < -0.4 is 10.6 Å². The van der Waals surface area contributed by atoms with Gasteiger partial charge >= 0.3 is 0 Å². The highest BCUT2D eigenvalue weighted by Gasteiger charge is 2.13. The van der Waals surface area contributed by atoms with Crippen molar-refractivity contribution >= 4 is 40.0 Å². The van der Waals surface area contributed by atoms with Gasteiger partial charge in [-0.15, -0.1) is 0 Å². The molecule has 5 nitrogen and oxygen atoms in total. The quantitative estimate of drug-likeness (QED) is 0.469. The van der Waals surface area contributed by atoms with Gasteiger partial charge in [0.15, 0.2) is 0 Å². The Morgan fingerprint density at radius 1 is 0.966 bits per heavy atom. The van der Waals surface area contributed by atoms with Gasteiger partial charge in [0.05, 0.1) is 5.52 Å². The molecule has 2 aromatic heterocycles. The summed E-state index contributed by atoms with van der Waals surface area (Å²) in [4.78, 5) is 21.6. The number of hydrogen-bond donors (Lipinski definition) is 2. The van der Waals surface area contributed by atoms with E-state index in [4.69, 9.17) is 11.6 Å². The van der Waals surface area contributed by atoms with E-state index in [2.05, 4.69) is 38.8 Å². The molecule has 2 aromatic carbocycles. The van der Waals surface area contributed by atoms with Crippen LogP contribution in [0.15, 0.2) is 66.9 Å². The van der Waals surface area contributed by atoms with Crippen LogP contribution in [-0.2, 0) is 0 Å². The monoisotopic (exact) mass is 402 g/mol. The molecule has 0 bridgehead atoms. The summed E-state index contributed by atoms with van der Waals surface area (Å²) in [6.07, 6.45) is 1.80. The Balaban J connectivity index is 1.70. The van der Waals surface area contributed by atoms with Gasteiger partial charge in [0.2, 0.25) is 0 Å². The summed E-state index contributed by atoms with van der Waals surface area (Å²) >= 11 is 5.89. The molecule has 0 saturated heterocycles. The number of halogens is 1. The van der Waals surface area contributed by atoms with Crippen molar-refractivity contribution in [2.45, 2.75) is 6.92 Å². The predicted octanol–water partition coefficient (Wildman–Crippen LogP) is 5.55. The summed E-state index contributed by atoms with van der Waals surface area (Å²) in [6.45, 7) is 2.05. The predicted molar refractivity (Wildman–Crippen MR) is 119 cm³/mol. The van der Waals surface area contributed by atoms with Crippen LogP contribution >= 0.6 is 11.6 Å². The van der Waals surface area contributed by atoms with Gasteiger partial charge in [-0.1, -0.05) is 29.8 Å². The van der Waals surface area contributed by atoms with E-state index >= 15 is 0 Å². The molecule has 4 aromatic rings. The number of hydrogen-bond acceptors (Lipinski definition) is 4. The van der Waals surface area contributed by atoms with Crippen molar-refractivity contribution in [3.63, 3.8) is 0 Å². The lowest BCUT2D eigenvalue weighted by molar-refractivity contribution is 0.102. The molecule has 0 spiro atoms. The fraction of sp³-hybridized carbons (Fsp3) is 0.0870. The molecule has 4 rings (SSSR count). The van der Waals surface area contributed by atoms with Crippen molar-refractivity contribution in [1.29, 1.82) is 0 Å². The number of carbonyl (C=O) groups is 1. The van der Waals surface area contributed by atoms with E-state index in [0.717, 1.165) is 27.6 Å². The van der Waals surface area contributed by atoms with Crippen molar-refractivity contribution in [1.82, 2.24) is 9.97 Å². The first-order valence-corrected chi connectivity index (χ1v) is 9.55. The fourth-order valence-corrected chi connectivity index (χ4v) is 3.40. The van der Waals surface area contributed by atoms with Crippen molar-refractivity contribution in [2.24, 2.45) is 0 Å². The summed E-state index contributed by atoms with van der Waals surface area (Å²) in [5.41, 5.74) is 4.57. The lowest BCUT2D eigenvalue weighted by atomic mass is 9.98. The second-order valence-corrected chi connectivity index (χ2v) is 7.07. The maximum Gasteiger partial charge on any atom is 0.256 e. The van der Waals surface area contributed by atoms with E-state index in [1.54, 1.807) is 36.5 Å². The molecule has 0 saturated carbocycles. The molecule has 0 unspecified atom stereocenters. The largest absolute Gasteiger partial charge is 0.373 e. The average molecular weight is 403 g/mol. The molecule has 0 radical (unpaired) electrons. The van der Waals surface area contributed by atoms with Crippen LogP contribution in [0, 0.1) is 6.92 Å². The Hall–Kier alpha value is -3.44. The maximum absolute atomic E-state index is 12.5. The number of carbonyl (C=O) groups excluding carboxylic acids is 1. The van der Waals surface area contributed by atoms with E-state index < -0.39 is 0 Å². The molecular formula is C23H19ClN4O. The summed E-state index contributed by atoms with van der Waals surface area (Å²) in [5, 5.41) is 7.61. The zero-order chi connectivity index (χ0) is 20.4. The number of pyridine rings is 2. The zero-order valence-electron chi connectivity index (χ0n) is 16.0. The third-order valence-electron chi connectivity index (χ3n) is 4.74. The Labute approximate surface area is 173 Å². The molecular weight excluding hydrogens is 384 g/mol. The molecule has 2 heterocycles. The van der Waals surface area contributed by atoms with Crippen molar-refractivity contribution in [3.05, 3.63) is 83.0 Å². The minimum atomic E-state index is -0.242. The van der Waals surface area contributed by atoms with E-state index in [-0.39, 0.29) is 5.91 Å². The summed E-state index contributed by atoms with van der Waals surface area (Å²) < 4.78 is 0. The summed E-state index contributed by atoms with van der Waals surface area (Å²) in [7, 11) is 1.81. The third-order valence-corrected chi connectivity index (χ3v) is 4.99. The summed E-state index contributed by atoms with van der Waals surface area (Å²) in [6, 6.07) is 18.6. The van der Waals surface area contributed by atoms with Crippen LogP contribution in [0.1, 0.15) is 15.9 Å². The molecule has 2 N–H and O–H groups in total. The highest BCUT2D eigenvalue weighted by molar-refractivity contribution is 6.30. The molecule has 0 aliphatic heterocycles. The third kappa shape index (κ3) is 3.77. The minimum absolute atomic E-state index is 0.242. The lowest BCUT2D eigenvalue weighted by Crippen LogP contribution is -2.13. The summed E-state index contributed by atoms with van der Waals surface area (Å²) in [5.74, 6) is 0.898. The number of rotatable bonds is 4. The lowest BCUT2D eigenvalue weighted by Gasteiger charge is -2.14. The Bertz CT molecular complexity index is 1210. The highest BCUT2D eigenvalue weighted by atomic mass is 35.5. The molecule has 0 atom stereocenters. The normalized spacial score (nSPS) is 10.7. The van der Waals surface area contributed by atoms with Crippen LogP contribution in [0.4, 0.5) is 11.6 Å². The van der Waals surface area contributed by atoms with Crippen molar-refractivity contribution in [3.8, 4) is 11.1 Å². The smallest absolute Gasteiger partial charge is 0.256 e. The number of fused-ring (bicyclic) bond motifs is 1. The van der Waals surface area contributed by atoms with Gasteiger partial charge in [0.1, 0.15) is 11.6 Å². The average Bonchev–Trinajstić information content (AvgIpc) is 2.75. The molecule has 1 amide bonds. The molecule has 0 fully saturated rings. The molecule has 6 heteroatoms. The van der Waals surface area contributed by atoms with Crippen LogP contribution in [0.5, 0.6) is 0 Å². The van der Waals surface area contributed by atoms with Crippen LogP contribution in [0.3, 0.4) is 0 Å². The Kier molecular flexibility index (Phi) is 5.14. The van der Waals surface area contributed by atoms with Crippen LogP contribution in [0.2, 0.25) is 5.02 Å². The number of anilines is 2. The first kappa shape index (κ1) is 18.9.